The first kappa shape index (κ1) is 17.3. The third-order valence-corrected chi connectivity index (χ3v) is 2.91. The maximum Gasteiger partial charge on any atom is 0.246 e. The van der Waals surface area contributed by atoms with Crippen molar-refractivity contribution in [3.63, 3.8) is 0 Å². The highest BCUT2D eigenvalue weighted by molar-refractivity contribution is 5.91. The summed E-state index contributed by atoms with van der Waals surface area (Å²) in [6.07, 6.45) is 3.69. The zero-order valence-corrected chi connectivity index (χ0v) is 12.7. The molecule has 0 atom stereocenters. The van der Waals surface area contributed by atoms with Crippen LogP contribution in [-0.2, 0) is 4.79 Å². The van der Waals surface area contributed by atoms with E-state index in [0.29, 0.717) is 19.7 Å². The number of nitriles is 2. The Labute approximate surface area is 131 Å². The van der Waals surface area contributed by atoms with Gasteiger partial charge in [0, 0.05) is 19.2 Å². The molecule has 1 amide bonds. The van der Waals surface area contributed by atoms with E-state index in [-0.39, 0.29) is 18.7 Å². The van der Waals surface area contributed by atoms with Crippen LogP contribution in [0.4, 0.5) is 0 Å². The van der Waals surface area contributed by atoms with E-state index in [0.717, 1.165) is 11.3 Å². The van der Waals surface area contributed by atoms with Gasteiger partial charge >= 0.3 is 0 Å². The molecule has 0 heterocycles. The molecule has 0 aliphatic heterocycles. The van der Waals surface area contributed by atoms with Crippen molar-refractivity contribution < 1.29 is 9.53 Å². The maximum absolute atomic E-state index is 12.1. The molecule has 0 aliphatic rings. The van der Waals surface area contributed by atoms with Gasteiger partial charge in [0.2, 0.25) is 5.91 Å². The molecule has 0 saturated heterocycles. The number of amides is 1. The molecule has 5 heteroatoms. The van der Waals surface area contributed by atoms with E-state index in [1.807, 2.05) is 43.3 Å². The average molecular weight is 297 g/mol. The predicted molar refractivity (Wildman–Crippen MR) is 83.7 cm³/mol. The van der Waals surface area contributed by atoms with Crippen LogP contribution in [0.3, 0.4) is 0 Å². The first-order chi connectivity index (χ1) is 10.7. The first-order valence-corrected chi connectivity index (χ1v) is 7.15. The van der Waals surface area contributed by atoms with Gasteiger partial charge in [-0.25, -0.2) is 0 Å². The number of hydrogen-bond donors (Lipinski definition) is 0. The van der Waals surface area contributed by atoms with Crippen LogP contribution in [0.15, 0.2) is 30.3 Å². The summed E-state index contributed by atoms with van der Waals surface area (Å²) in [6, 6.07) is 11.4. The van der Waals surface area contributed by atoms with Gasteiger partial charge < -0.3 is 9.64 Å². The van der Waals surface area contributed by atoms with Gasteiger partial charge in [-0.2, -0.15) is 10.5 Å². The zero-order chi connectivity index (χ0) is 16.2. The summed E-state index contributed by atoms with van der Waals surface area (Å²) in [5, 5.41) is 17.2. The maximum atomic E-state index is 12.1. The SMILES string of the molecule is CCOc1ccc(/C=C/C(=O)N(CCC#N)CCC#N)cc1. The molecule has 0 unspecified atom stereocenters. The Bertz CT molecular complexity index is 561. The van der Waals surface area contributed by atoms with Gasteiger partial charge in [0.05, 0.1) is 31.6 Å². The molecule has 0 aliphatic carbocycles. The van der Waals surface area contributed by atoms with E-state index >= 15 is 0 Å². The minimum Gasteiger partial charge on any atom is -0.494 e. The lowest BCUT2D eigenvalue weighted by Gasteiger charge is -2.18. The Morgan fingerprint density at radius 3 is 2.27 bits per heavy atom. The fourth-order valence-electron chi connectivity index (χ4n) is 1.82. The molecule has 0 fully saturated rings. The molecule has 1 aromatic rings. The van der Waals surface area contributed by atoms with Crippen LogP contribution in [0.2, 0.25) is 0 Å². The quantitative estimate of drug-likeness (QED) is 0.691. The molecule has 114 valence electrons. The van der Waals surface area contributed by atoms with E-state index in [2.05, 4.69) is 0 Å². The van der Waals surface area contributed by atoms with Crippen molar-refractivity contribution in [1.82, 2.24) is 4.90 Å². The van der Waals surface area contributed by atoms with Gasteiger partial charge in [0.1, 0.15) is 5.75 Å². The van der Waals surface area contributed by atoms with Crippen LogP contribution in [-0.4, -0.2) is 30.5 Å². The summed E-state index contributed by atoms with van der Waals surface area (Å²) in [5.74, 6) is 0.593. The van der Waals surface area contributed by atoms with Crippen molar-refractivity contribution in [3.05, 3.63) is 35.9 Å². The van der Waals surface area contributed by atoms with Crippen LogP contribution in [0.25, 0.3) is 6.08 Å². The number of ether oxygens (including phenoxy) is 1. The van der Waals surface area contributed by atoms with Crippen LogP contribution < -0.4 is 4.74 Å². The lowest BCUT2D eigenvalue weighted by Crippen LogP contribution is -2.31. The summed E-state index contributed by atoms with van der Waals surface area (Å²) in [4.78, 5) is 13.6. The van der Waals surface area contributed by atoms with Crippen molar-refractivity contribution in [2.45, 2.75) is 19.8 Å². The summed E-state index contributed by atoms with van der Waals surface area (Å²) < 4.78 is 5.35. The molecule has 22 heavy (non-hydrogen) atoms. The van der Waals surface area contributed by atoms with Crippen molar-refractivity contribution in [1.29, 1.82) is 10.5 Å². The van der Waals surface area contributed by atoms with Crippen molar-refractivity contribution >= 4 is 12.0 Å². The molecular weight excluding hydrogens is 278 g/mol. The fraction of sp³-hybridized carbons (Fsp3) is 0.353. The highest BCUT2D eigenvalue weighted by Gasteiger charge is 2.09. The number of carbonyl (C=O) groups excluding carboxylic acids is 1. The third kappa shape index (κ3) is 6.11. The van der Waals surface area contributed by atoms with Crippen molar-refractivity contribution in [2.75, 3.05) is 19.7 Å². The van der Waals surface area contributed by atoms with Gasteiger partial charge in [0.15, 0.2) is 0 Å². The minimum atomic E-state index is -0.195. The molecule has 1 rings (SSSR count). The van der Waals surface area contributed by atoms with E-state index in [4.69, 9.17) is 15.3 Å². The first-order valence-electron chi connectivity index (χ1n) is 7.15. The lowest BCUT2D eigenvalue weighted by atomic mass is 10.2. The summed E-state index contributed by atoms with van der Waals surface area (Å²) in [5.41, 5.74) is 0.886. The Kier molecular flexibility index (Phi) is 7.86. The molecule has 0 saturated carbocycles. The third-order valence-electron chi connectivity index (χ3n) is 2.91. The number of hydrogen-bond acceptors (Lipinski definition) is 4. The standard InChI is InChI=1S/C17H19N3O2/c1-2-22-16-8-5-15(6-9-16)7-10-17(21)20(13-3-11-18)14-4-12-19/h5-10H,2-4,13-14H2,1H3/b10-7+. The summed E-state index contributed by atoms with van der Waals surface area (Å²) in [7, 11) is 0. The number of benzene rings is 1. The number of carbonyl (C=O) groups is 1. The van der Waals surface area contributed by atoms with Crippen LogP contribution in [0, 0.1) is 22.7 Å². The Morgan fingerprint density at radius 1 is 1.18 bits per heavy atom. The van der Waals surface area contributed by atoms with E-state index in [9.17, 15) is 4.79 Å². The molecule has 0 radical (unpaired) electrons. The van der Waals surface area contributed by atoms with E-state index in [1.165, 1.54) is 11.0 Å². The van der Waals surface area contributed by atoms with Gasteiger partial charge in [-0.15, -0.1) is 0 Å². The second kappa shape index (κ2) is 10.0. The van der Waals surface area contributed by atoms with Crippen molar-refractivity contribution in [2.24, 2.45) is 0 Å². The monoisotopic (exact) mass is 297 g/mol. The van der Waals surface area contributed by atoms with Crippen LogP contribution in [0.5, 0.6) is 5.75 Å². The highest BCUT2D eigenvalue weighted by atomic mass is 16.5. The van der Waals surface area contributed by atoms with Crippen LogP contribution in [0.1, 0.15) is 25.3 Å². The minimum absolute atomic E-state index is 0.195. The Hall–Kier alpha value is -2.79. The fourth-order valence-corrected chi connectivity index (χ4v) is 1.82. The smallest absolute Gasteiger partial charge is 0.246 e. The molecule has 0 spiro atoms. The van der Waals surface area contributed by atoms with Gasteiger partial charge in [-0.3, -0.25) is 4.79 Å². The largest absolute Gasteiger partial charge is 0.494 e. The topological polar surface area (TPSA) is 77.1 Å². The van der Waals surface area contributed by atoms with Crippen LogP contribution >= 0.6 is 0 Å². The Balaban J connectivity index is 2.66. The van der Waals surface area contributed by atoms with Crippen molar-refractivity contribution in [3.8, 4) is 17.9 Å². The summed E-state index contributed by atoms with van der Waals surface area (Å²) >= 11 is 0. The Morgan fingerprint density at radius 2 is 1.77 bits per heavy atom. The normalized spacial score (nSPS) is 9.95. The number of rotatable bonds is 8. The van der Waals surface area contributed by atoms with E-state index in [1.54, 1.807) is 6.08 Å². The molecule has 0 bridgehead atoms. The second-order valence-corrected chi connectivity index (χ2v) is 4.48. The molecule has 0 aromatic heterocycles. The zero-order valence-electron chi connectivity index (χ0n) is 12.7. The van der Waals surface area contributed by atoms with E-state index < -0.39 is 0 Å². The van der Waals surface area contributed by atoms with Gasteiger partial charge in [-0.1, -0.05) is 12.1 Å². The predicted octanol–water partition coefficient (Wildman–Crippen LogP) is 2.75. The number of nitrogens with zero attached hydrogens (tertiary/aromatic N) is 3. The average Bonchev–Trinajstić information content (AvgIpc) is 2.54. The second-order valence-electron chi connectivity index (χ2n) is 4.48. The van der Waals surface area contributed by atoms with Gasteiger partial charge in [-0.05, 0) is 30.7 Å². The summed E-state index contributed by atoms with van der Waals surface area (Å²) in [6.45, 7) is 3.21. The molecule has 1 aromatic carbocycles. The van der Waals surface area contributed by atoms with Gasteiger partial charge in [0.25, 0.3) is 0 Å². The lowest BCUT2D eigenvalue weighted by molar-refractivity contribution is -0.125. The molecule has 0 N–H and O–H groups in total. The molecular formula is C17H19N3O2. The molecule has 5 nitrogen and oxygen atoms in total. The highest BCUT2D eigenvalue weighted by Crippen LogP contribution is 2.13.